The van der Waals surface area contributed by atoms with E-state index in [0.717, 1.165) is 12.7 Å². The lowest BCUT2D eigenvalue weighted by atomic mass is 10.2. The van der Waals surface area contributed by atoms with Crippen molar-refractivity contribution in [2.75, 3.05) is 14.2 Å². The molecule has 2 N–H and O–H groups in total. The van der Waals surface area contributed by atoms with Gasteiger partial charge in [-0.3, -0.25) is 0 Å². The second kappa shape index (κ2) is 10.8. The third-order valence-electron chi connectivity index (χ3n) is 3.10. The number of aliphatic hydroxyl groups is 1. The van der Waals surface area contributed by atoms with E-state index in [1.807, 2.05) is 18.2 Å². The summed E-state index contributed by atoms with van der Waals surface area (Å²) in [5.41, 5.74) is 0.795. The number of nitrogens with one attached hydrogen (secondary N) is 1. The topological polar surface area (TPSA) is 111 Å². The molecule has 0 radical (unpaired) electrons. The van der Waals surface area contributed by atoms with E-state index in [4.69, 9.17) is 4.74 Å². The molecule has 0 aliphatic rings. The molecule has 8 nitrogen and oxygen atoms in total. The van der Waals surface area contributed by atoms with Gasteiger partial charge in [0.1, 0.15) is 12.6 Å². The molecule has 1 rings (SSSR count). The molecule has 0 heterocycles. The van der Waals surface area contributed by atoms with Crippen molar-refractivity contribution in [2.45, 2.75) is 25.2 Å². The molecule has 1 amide bonds. The van der Waals surface area contributed by atoms with Gasteiger partial charge in [0.2, 0.25) is 0 Å². The summed E-state index contributed by atoms with van der Waals surface area (Å²) in [5, 5.41) is 11.8. The number of carbonyl (C=O) groups is 3. The zero-order valence-corrected chi connectivity index (χ0v) is 14.0. The van der Waals surface area contributed by atoms with Gasteiger partial charge in [-0.2, -0.15) is 0 Å². The van der Waals surface area contributed by atoms with Crippen LogP contribution >= 0.6 is 0 Å². The Bertz CT molecular complexity index is 600. The Hall–Kier alpha value is -2.87. The van der Waals surface area contributed by atoms with E-state index in [1.165, 1.54) is 19.3 Å². The molecule has 0 unspecified atom stereocenters. The smallest absolute Gasteiger partial charge is 0.408 e. The van der Waals surface area contributed by atoms with Gasteiger partial charge in [0.15, 0.2) is 6.10 Å². The number of benzene rings is 1. The molecule has 25 heavy (non-hydrogen) atoms. The molecular formula is C17H21NO7. The van der Waals surface area contributed by atoms with Gasteiger partial charge in [-0.05, 0) is 5.56 Å². The summed E-state index contributed by atoms with van der Waals surface area (Å²) in [6, 6.07) is 7.92. The number of hydrogen-bond donors (Lipinski definition) is 2. The number of methoxy groups -OCH3 is 2. The number of hydrogen-bond acceptors (Lipinski definition) is 7. The van der Waals surface area contributed by atoms with E-state index in [1.54, 1.807) is 12.1 Å². The number of carbonyl (C=O) groups excluding carboxylic acids is 3. The normalized spacial score (nSPS) is 12.9. The molecule has 136 valence electrons. The Morgan fingerprint density at radius 1 is 1.12 bits per heavy atom. The van der Waals surface area contributed by atoms with E-state index < -0.39 is 30.2 Å². The van der Waals surface area contributed by atoms with Crippen molar-refractivity contribution in [2.24, 2.45) is 0 Å². The zero-order chi connectivity index (χ0) is 18.7. The van der Waals surface area contributed by atoms with E-state index in [-0.39, 0.29) is 13.0 Å². The molecule has 0 saturated heterocycles. The largest absolute Gasteiger partial charge is 0.467 e. The summed E-state index contributed by atoms with van der Waals surface area (Å²) in [4.78, 5) is 34.6. The van der Waals surface area contributed by atoms with Gasteiger partial charge in [-0.15, -0.1) is 0 Å². The van der Waals surface area contributed by atoms with Gasteiger partial charge >= 0.3 is 18.0 Å². The molecule has 1 aromatic carbocycles. The Labute approximate surface area is 145 Å². The van der Waals surface area contributed by atoms with Crippen molar-refractivity contribution >= 4 is 18.0 Å². The average Bonchev–Trinajstić information content (AvgIpc) is 2.64. The average molecular weight is 351 g/mol. The van der Waals surface area contributed by atoms with Gasteiger partial charge in [0.25, 0.3) is 0 Å². The standard InChI is InChI=1S/C17H21NO7/c1-23-15(20)13(9-6-10-14(19)16(21)24-2)18-17(22)25-11-12-7-4-3-5-8-12/h3-9,13-14,19H,10-11H2,1-2H3,(H,18,22)/b9-6+/t13-,14+/m0/s1. The van der Waals surface area contributed by atoms with Crippen LogP contribution in [0.15, 0.2) is 42.5 Å². The fraction of sp³-hybridized carbons (Fsp3) is 0.353. The van der Waals surface area contributed by atoms with Gasteiger partial charge in [-0.1, -0.05) is 42.5 Å². The third kappa shape index (κ3) is 7.49. The summed E-state index contributed by atoms with van der Waals surface area (Å²) in [6.45, 7) is 0.0470. The van der Waals surface area contributed by atoms with Gasteiger partial charge < -0.3 is 24.6 Å². The highest BCUT2D eigenvalue weighted by Crippen LogP contribution is 2.02. The van der Waals surface area contributed by atoms with Crippen molar-refractivity contribution in [1.29, 1.82) is 0 Å². The summed E-state index contributed by atoms with van der Waals surface area (Å²) in [7, 11) is 2.32. The maximum atomic E-state index is 11.8. The van der Waals surface area contributed by atoms with Crippen LogP contribution in [0.3, 0.4) is 0 Å². The molecular weight excluding hydrogens is 330 g/mol. The van der Waals surface area contributed by atoms with Gasteiger partial charge in [0.05, 0.1) is 14.2 Å². The van der Waals surface area contributed by atoms with Crippen LogP contribution in [0.25, 0.3) is 0 Å². The van der Waals surface area contributed by atoms with Crippen LogP contribution in [0, 0.1) is 0 Å². The van der Waals surface area contributed by atoms with Gasteiger partial charge in [0, 0.05) is 6.42 Å². The van der Waals surface area contributed by atoms with E-state index in [9.17, 15) is 19.5 Å². The zero-order valence-electron chi connectivity index (χ0n) is 14.0. The summed E-state index contributed by atoms with van der Waals surface area (Å²) in [6.07, 6.45) is 0.408. The first kappa shape index (κ1) is 20.2. The SMILES string of the molecule is COC(=O)[C@H](O)C/C=C/[C@H](NC(=O)OCc1ccccc1)C(=O)OC. The monoisotopic (exact) mass is 351 g/mol. The summed E-state index contributed by atoms with van der Waals surface area (Å²) in [5.74, 6) is -1.52. The lowest BCUT2D eigenvalue weighted by Crippen LogP contribution is -2.40. The number of ether oxygens (including phenoxy) is 3. The van der Waals surface area contributed by atoms with Crippen LogP contribution in [0.2, 0.25) is 0 Å². The number of esters is 2. The number of alkyl carbamates (subject to hydrolysis) is 1. The minimum Gasteiger partial charge on any atom is -0.467 e. The molecule has 0 fully saturated rings. The first-order chi connectivity index (χ1) is 12.0. The van der Waals surface area contributed by atoms with Crippen LogP contribution in [-0.2, 0) is 30.4 Å². The quantitative estimate of drug-likeness (QED) is 0.407. The molecule has 0 bridgehead atoms. The molecule has 0 spiro atoms. The molecule has 0 aliphatic heterocycles. The van der Waals surface area contributed by atoms with Crippen molar-refractivity contribution in [3.63, 3.8) is 0 Å². The summed E-state index contributed by atoms with van der Waals surface area (Å²) < 4.78 is 14.0. The minimum atomic E-state index is -1.36. The maximum absolute atomic E-state index is 11.8. The maximum Gasteiger partial charge on any atom is 0.408 e. The Morgan fingerprint density at radius 2 is 1.76 bits per heavy atom. The van der Waals surface area contributed by atoms with Crippen LogP contribution in [-0.4, -0.2) is 49.5 Å². The van der Waals surface area contributed by atoms with Crippen molar-refractivity contribution in [3.05, 3.63) is 48.0 Å². The third-order valence-corrected chi connectivity index (χ3v) is 3.10. The van der Waals surface area contributed by atoms with Crippen molar-refractivity contribution in [3.8, 4) is 0 Å². The first-order valence-electron chi connectivity index (χ1n) is 7.45. The van der Waals surface area contributed by atoms with Crippen molar-refractivity contribution in [1.82, 2.24) is 5.32 Å². The second-order valence-corrected chi connectivity index (χ2v) is 4.91. The molecule has 0 aromatic heterocycles. The molecule has 1 aromatic rings. The van der Waals surface area contributed by atoms with Crippen molar-refractivity contribution < 1.29 is 33.7 Å². The first-order valence-corrected chi connectivity index (χ1v) is 7.45. The van der Waals surface area contributed by atoms with Gasteiger partial charge in [-0.25, -0.2) is 14.4 Å². The summed E-state index contributed by atoms with van der Waals surface area (Å²) >= 11 is 0. The van der Waals surface area contributed by atoms with E-state index >= 15 is 0 Å². The molecule has 0 saturated carbocycles. The van der Waals surface area contributed by atoms with Crippen LogP contribution < -0.4 is 5.32 Å². The van der Waals surface area contributed by atoms with Crippen LogP contribution in [0.5, 0.6) is 0 Å². The van der Waals surface area contributed by atoms with Crippen LogP contribution in [0.1, 0.15) is 12.0 Å². The fourth-order valence-corrected chi connectivity index (χ4v) is 1.78. The number of rotatable bonds is 8. The highest BCUT2D eigenvalue weighted by atomic mass is 16.6. The number of aliphatic hydroxyl groups excluding tert-OH is 1. The Morgan fingerprint density at radius 3 is 2.36 bits per heavy atom. The lowest BCUT2D eigenvalue weighted by molar-refractivity contribution is -0.150. The predicted octanol–water partition coefficient (Wildman–Crippen LogP) is 0.935. The molecule has 0 aliphatic carbocycles. The highest BCUT2D eigenvalue weighted by molar-refractivity contribution is 5.83. The fourth-order valence-electron chi connectivity index (χ4n) is 1.78. The minimum absolute atomic E-state index is 0.0470. The van der Waals surface area contributed by atoms with E-state index in [2.05, 4.69) is 14.8 Å². The molecule has 8 heteroatoms. The predicted molar refractivity (Wildman–Crippen MR) is 87.3 cm³/mol. The lowest BCUT2D eigenvalue weighted by Gasteiger charge is -2.13. The van der Waals surface area contributed by atoms with Crippen LogP contribution in [0.4, 0.5) is 4.79 Å². The van der Waals surface area contributed by atoms with E-state index in [0.29, 0.717) is 0 Å². The Kier molecular flexibility index (Phi) is 8.73. The molecule has 2 atom stereocenters. The second-order valence-electron chi connectivity index (χ2n) is 4.91. The Balaban J connectivity index is 2.55. The highest BCUT2D eigenvalue weighted by Gasteiger charge is 2.20. The number of amides is 1.